The molecule has 0 radical (unpaired) electrons. The van der Waals surface area contributed by atoms with Gasteiger partial charge in [0.2, 0.25) is 5.75 Å². The van der Waals surface area contributed by atoms with Crippen LogP contribution in [0, 0.1) is 10.1 Å². The van der Waals surface area contributed by atoms with Crippen molar-refractivity contribution in [2.75, 3.05) is 39.6 Å². The molecule has 0 fully saturated rings. The summed E-state index contributed by atoms with van der Waals surface area (Å²) in [5, 5.41) is 19.9. The molecule has 0 bridgehead atoms. The molecule has 1 N–H and O–H groups in total. The van der Waals surface area contributed by atoms with Crippen molar-refractivity contribution in [3.8, 4) is 17.2 Å². The summed E-state index contributed by atoms with van der Waals surface area (Å²) in [6.45, 7) is 1.90. The molecule has 0 heterocycles. The highest BCUT2D eigenvalue weighted by Gasteiger charge is 2.16. The van der Waals surface area contributed by atoms with Crippen molar-refractivity contribution in [2.45, 2.75) is 0 Å². The van der Waals surface area contributed by atoms with Crippen LogP contribution in [0.3, 0.4) is 0 Å². The summed E-state index contributed by atoms with van der Waals surface area (Å²) in [5.74, 6) is 1.16. The minimum absolute atomic E-state index is 0.00577. The zero-order chi connectivity index (χ0) is 19.5. The third-order valence-corrected chi connectivity index (χ3v) is 3.51. The average Bonchev–Trinajstić information content (AvgIpc) is 2.66. The van der Waals surface area contributed by atoms with Gasteiger partial charge in [0.25, 0.3) is 0 Å². The van der Waals surface area contributed by atoms with E-state index >= 15 is 0 Å². The fourth-order valence-electron chi connectivity index (χ4n) is 2.06. The first-order valence-corrected chi connectivity index (χ1v) is 8.59. The van der Waals surface area contributed by atoms with Gasteiger partial charge in [-0.3, -0.25) is 10.1 Å². The van der Waals surface area contributed by atoms with E-state index in [2.05, 4.69) is 0 Å². The van der Waals surface area contributed by atoms with E-state index in [1.807, 2.05) is 0 Å². The second kappa shape index (κ2) is 11.3. The first-order valence-electron chi connectivity index (χ1n) is 8.21. The van der Waals surface area contributed by atoms with E-state index in [4.69, 9.17) is 35.7 Å². The Morgan fingerprint density at radius 1 is 0.926 bits per heavy atom. The number of nitro groups is 1. The molecule has 2 aromatic carbocycles. The molecular formula is C18H20ClNO7. The highest BCUT2D eigenvalue weighted by molar-refractivity contribution is 6.30. The molecule has 0 aromatic heterocycles. The molecule has 0 saturated heterocycles. The van der Waals surface area contributed by atoms with Crippen LogP contribution in [0.4, 0.5) is 5.69 Å². The van der Waals surface area contributed by atoms with Crippen molar-refractivity contribution < 1.29 is 29.0 Å². The smallest absolute Gasteiger partial charge is 0.313 e. The van der Waals surface area contributed by atoms with E-state index in [0.717, 1.165) is 0 Å². The molecule has 0 amide bonds. The van der Waals surface area contributed by atoms with Gasteiger partial charge in [0.05, 0.1) is 38.0 Å². The highest BCUT2D eigenvalue weighted by Crippen LogP contribution is 2.33. The number of benzene rings is 2. The van der Waals surface area contributed by atoms with Gasteiger partial charge in [-0.2, -0.15) is 0 Å². The SMILES string of the molecule is O=[N+]([O-])c1cc(Cl)ccc1Oc1ccc(OCCOCCOCCO)cc1. The van der Waals surface area contributed by atoms with Crippen LogP contribution in [-0.2, 0) is 9.47 Å². The summed E-state index contributed by atoms with van der Waals surface area (Å²) in [4.78, 5) is 10.5. The summed E-state index contributed by atoms with van der Waals surface area (Å²) in [5.41, 5.74) is -0.206. The zero-order valence-corrected chi connectivity index (χ0v) is 15.3. The molecule has 146 valence electrons. The van der Waals surface area contributed by atoms with Gasteiger partial charge in [0.15, 0.2) is 0 Å². The topological polar surface area (TPSA) is 100 Å². The van der Waals surface area contributed by atoms with Crippen molar-refractivity contribution in [2.24, 2.45) is 0 Å². The van der Waals surface area contributed by atoms with Crippen LogP contribution in [0.25, 0.3) is 0 Å². The molecule has 0 aliphatic rings. The average molecular weight is 398 g/mol. The molecule has 2 aromatic rings. The Kier molecular flexibility index (Phi) is 8.79. The molecule has 0 aliphatic carbocycles. The number of halogens is 1. The van der Waals surface area contributed by atoms with Gasteiger partial charge in [-0.25, -0.2) is 0 Å². The van der Waals surface area contributed by atoms with Crippen LogP contribution in [0.5, 0.6) is 17.2 Å². The zero-order valence-electron chi connectivity index (χ0n) is 14.5. The van der Waals surface area contributed by atoms with Crippen LogP contribution in [0.15, 0.2) is 42.5 Å². The van der Waals surface area contributed by atoms with E-state index in [1.165, 1.54) is 18.2 Å². The standard InChI is InChI=1S/C18H20ClNO7/c19-14-1-6-18(17(13-14)20(22)23)27-16-4-2-15(3-5-16)26-12-11-25-10-9-24-8-7-21/h1-6,13,21H,7-12H2. The highest BCUT2D eigenvalue weighted by atomic mass is 35.5. The molecule has 0 atom stereocenters. The van der Waals surface area contributed by atoms with E-state index in [0.29, 0.717) is 44.5 Å². The van der Waals surface area contributed by atoms with E-state index in [9.17, 15) is 10.1 Å². The maximum Gasteiger partial charge on any atom is 0.313 e. The Balaban J connectivity index is 1.78. The third-order valence-electron chi connectivity index (χ3n) is 3.27. The number of ether oxygens (including phenoxy) is 4. The number of hydrogen-bond donors (Lipinski definition) is 1. The van der Waals surface area contributed by atoms with Gasteiger partial charge in [0, 0.05) is 11.1 Å². The fraction of sp³-hybridized carbons (Fsp3) is 0.333. The Morgan fingerprint density at radius 2 is 1.56 bits per heavy atom. The molecule has 8 nitrogen and oxygen atoms in total. The monoisotopic (exact) mass is 397 g/mol. The van der Waals surface area contributed by atoms with E-state index in [1.54, 1.807) is 24.3 Å². The van der Waals surface area contributed by atoms with Crippen molar-refractivity contribution >= 4 is 17.3 Å². The lowest BCUT2D eigenvalue weighted by molar-refractivity contribution is -0.385. The van der Waals surface area contributed by atoms with Crippen molar-refractivity contribution in [1.82, 2.24) is 0 Å². The lowest BCUT2D eigenvalue weighted by Gasteiger charge is -2.09. The quantitative estimate of drug-likeness (QED) is 0.332. The summed E-state index contributed by atoms with van der Waals surface area (Å²) in [7, 11) is 0. The summed E-state index contributed by atoms with van der Waals surface area (Å²) in [6.07, 6.45) is 0. The number of aliphatic hydroxyl groups excluding tert-OH is 1. The van der Waals surface area contributed by atoms with Crippen LogP contribution in [-0.4, -0.2) is 49.7 Å². The van der Waals surface area contributed by atoms with Gasteiger partial charge >= 0.3 is 5.69 Å². The molecule has 2 rings (SSSR count). The fourth-order valence-corrected chi connectivity index (χ4v) is 2.22. The second-order valence-electron chi connectivity index (χ2n) is 5.24. The van der Waals surface area contributed by atoms with Crippen LogP contribution >= 0.6 is 11.6 Å². The molecule has 0 unspecified atom stereocenters. The Hall–Kier alpha value is -2.39. The van der Waals surface area contributed by atoms with Crippen molar-refractivity contribution in [3.05, 3.63) is 57.6 Å². The van der Waals surface area contributed by atoms with Gasteiger partial charge in [-0.1, -0.05) is 11.6 Å². The van der Waals surface area contributed by atoms with Gasteiger partial charge in [0.1, 0.15) is 18.1 Å². The maximum absolute atomic E-state index is 11.1. The van der Waals surface area contributed by atoms with Gasteiger partial charge in [-0.05, 0) is 36.4 Å². The normalized spacial score (nSPS) is 10.6. The molecule has 0 aliphatic heterocycles. The minimum atomic E-state index is -0.548. The maximum atomic E-state index is 11.1. The van der Waals surface area contributed by atoms with E-state index < -0.39 is 4.92 Å². The summed E-state index contributed by atoms with van der Waals surface area (Å²) >= 11 is 5.78. The lowest BCUT2D eigenvalue weighted by Crippen LogP contribution is -2.11. The van der Waals surface area contributed by atoms with Crippen molar-refractivity contribution in [1.29, 1.82) is 0 Å². The second-order valence-corrected chi connectivity index (χ2v) is 5.68. The minimum Gasteiger partial charge on any atom is -0.491 e. The predicted octanol–water partition coefficient (Wildman–Crippen LogP) is 3.44. The van der Waals surface area contributed by atoms with Crippen LogP contribution in [0.1, 0.15) is 0 Å². The predicted molar refractivity (Wildman–Crippen MR) is 98.8 cm³/mol. The molecule has 0 spiro atoms. The van der Waals surface area contributed by atoms with Gasteiger partial charge in [-0.15, -0.1) is 0 Å². The first kappa shape index (κ1) is 20.9. The number of nitro benzene ring substituents is 1. The first-order chi connectivity index (χ1) is 13.1. The lowest BCUT2D eigenvalue weighted by atomic mass is 10.3. The van der Waals surface area contributed by atoms with Crippen LogP contribution in [0.2, 0.25) is 5.02 Å². The number of rotatable bonds is 12. The van der Waals surface area contributed by atoms with Crippen LogP contribution < -0.4 is 9.47 Å². The Morgan fingerprint density at radius 3 is 2.22 bits per heavy atom. The summed E-state index contributed by atoms with van der Waals surface area (Å²) in [6, 6.07) is 10.9. The molecule has 0 saturated carbocycles. The molecule has 9 heteroatoms. The van der Waals surface area contributed by atoms with Crippen molar-refractivity contribution in [3.63, 3.8) is 0 Å². The number of hydrogen-bond acceptors (Lipinski definition) is 7. The molecular weight excluding hydrogens is 378 g/mol. The Bertz CT molecular complexity index is 724. The van der Waals surface area contributed by atoms with E-state index in [-0.39, 0.29) is 23.1 Å². The largest absolute Gasteiger partial charge is 0.491 e. The summed E-state index contributed by atoms with van der Waals surface area (Å²) < 4.78 is 21.5. The number of nitrogens with zero attached hydrogens (tertiary/aromatic N) is 1. The number of aliphatic hydroxyl groups is 1. The third kappa shape index (κ3) is 7.40. The molecule has 27 heavy (non-hydrogen) atoms. The Labute approximate surface area is 161 Å². The van der Waals surface area contributed by atoms with Gasteiger partial charge < -0.3 is 24.1 Å².